The van der Waals surface area contributed by atoms with Crippen molar-refractivity contribution in [3.05, 3.63) is 77.1 Å². The molecule has 0 aliphatic rings. The number of benzene rings is 2. The summed E-state index contributed by atoms with van der Waals surface area (Å²) in [7, 11) is -1.98. The zero-order chi connectivity index (χ0) is 23.8. The Morgan fingerprint density at radius 1 is 1.18 bits per heavy atom. The molecule has 4 aromatic rings. The van der Waals surface area contributed by atoms with Gasteiger partial charge in [-0.05, 0) is 48.0 Å². The number of nitrogens with one attached hydrogen (secondary N) is 1. The fourth-order valence-corrected chi connectivity index (χ4v) is 4.59. The van der Waals surface area contributed by atoms with Crippen LogP contribution in [0.25, 0.3) is 22.0 Å². The summed E-state index contributed by atoms with van der Waals surface area (Å²) in [6.07, 6.45) is 2.63. The van der Waals surface area contributed by atoms with Gasteiger partial charge in [-0.25, -0.2) is 18.2 Å². The summed E-state index contributed by atoms with van der Waals surface area (Å²) in [5, 5.41) is 11.3. The van der Waals surface area contributed by atoms with Crippen molar-refractivity contribution < 1.29 is 23.1 Å². The van der Waals surface area contributed by atoms with Crippen LogP contribution in [0.5, 0.6) is 5.88 Å². The topological polar surface area (TPSA) is 111 Å². The number of aromatic nitrogens is 2. The first-order chi connectivity index (χ1) is 15.7. The second kappa shape index (κ2) is 8.76. The number of carboxylic acids is 1. The molecule has 8 nitrogen and oxygen atoms in total. The van der Waals surface area contributed by atoms with Crippen LogP contribution in [0, 0.1) is 0 Å². The second-order valence-corrected chi connectivity index (χ2v) is 9.60. The fraction of sp³-hybridized carbons (Fsp3) is 0.130. The van der Waals surface area contributed by atoms with E-state index < -0.39 is 16.0 Å². The van der Waals surface area contributed by atoms with Crippen LogP contribution in [0.3, 0.4) is 0 Å². The number of ether oxygens (including phenoxy) is 1. The number of methoxy groups -OCH3 is 1. The standard InChI is InChI=1S/C23H20ClN3O5S/c1-32-22-17(7-4-10-25-22)20-18-12-15(24)8-9-19(18)27(21(20)23(28)29)13-14-5-3-6-16(11-14)26-33(2,30)31/h3-12,26H,13H2,1-2H3,(H,28,29). The summed E-state index contributed by atoms with van der Waals surface area (Å²) in [5.74, 6) is -0.841. The molecule has 0 aliphatic carbocycles. The van der Waals surface area contributed by atoms with Gasteiger partial charge in [0.2, 0.25) is 15.9 Å². The van der Waals surface area contributed by atoms with E-state index in [9.17, 15) is 18.3 Å². The van der Waals surface area contributed by atoms with Gasteiger partial charge in [0, 0.05) is 45.5 Å². The first-order valence-corrected chi connectivity index (χ1v) is 12.1. The number of sulfonamides is 1. The van der Waals surface area contributed by atoms with Gasteiger partial charge in [0.05, 0.1) is 13.4 Å². The summed E-state index contributed by atoms with van der Waals surface area (Å²) >= 11 is 6.27. The van der Waals surface area contributed by atoms with E-state index in [1.54, 1.807) is 65.4 Å². The van der Waals surface area contributed by atoms with E-state index >= 15 is 0 Å². The predicted octanol–water partition coefficient (Wildman–Crippen LogP) is 4.48. The van der Waals surface area contributed by atoms with Crippen molar-refractivity contribution in [1.82, 2.24) is 9.55 Å². The molecule has 0 saturated carbocycles. The van der Waals surface area contributed by atoms with Gasteiger partial charge in [-0.1, -0.05) is 23.7 Å². The summed E-state index contributed by atoms with van der Waals surface area (Å²) in [6, 6.07) is 15.4. The molecule has 0 amide bonds. The van der Waals surface area contributed by atoms with E-state index in [1.165, 1.54) is 7.11 Å². The van der Waals surface area contributed by atoms with Crippen LogP contribution >= 0.6 is 11.6 Å². The van der Waals surface area contributed by atoms with Gasteiger partial charge in [-0.3, -0.25) is 4.72 Å². The minimum atomic E-state index is -3.45. The Kier molecular flexibility index (Phi) is 6.01. The maximum Gasteiger partial charge on any atom is 0.353 e. The van der Waals surface area contributed by atoms with E-state index in [0.717, 1.165) is 6.26 Å². The van der Waals surface area contributed by atoms with E-state index in [0.29, 0.717) is 44.2 Å². The summed E-state index contributed by atoms with van der Waals surface area (Å²) in [6.45, 7) is 0.182. The first-order valence-electron chi connectivity index (χ1n) is 9.79. The second-order valence-electron chi connectivity index (χ2n) is 7.41. The zero-order valence-corrected chi connectivity index (χ0v) is 19.3. The molecule has 0 saturated heterocycles. The van der Waals surface area contributed by atoms with Crippen molar-refractivity contribution in [2.45, 2.75) is 6.54 Å². The molecule has 10 heteroatoms. The number of hydrogen-bond acceptors (Lipinski definition) is 5. The van der Waals surface area contributed by atoms with E-state index in [1.807, 2.05) is 0 Å². The summed E-state index contributed by atoms with van der Waals surface area (Å²) in [5.41, 5.74) is 2.76. The number of fused-ring (bicyclic) bond motifs is 1. The van der Waals surface area contributed by atoms with Gasteiger partial charge in [0.1, 0.15) is 5.69 Å². The monoisotopic (exact) mass is 485 g/mol. The molecular formula is C23H20ClN3O5S. The molecule has 33 heavy (non-hydrogen) atoms. The van der Waals surface area contributed by atoms with Gasteiger partial charge in [0.25, 0.3) is 0 Å². The Hall–Kier alpha value is -3.56. The van der Waals surface area contributed by atoms with Gasteiger partial charge in [0.15, 0.2) is 0 Å². The number of nitrogens with zero attached hydrogens (tertiary/aromatic N) is 2. The van der Waals surface area contributed by atoms with Gasteiger partial charge in [-0.15, -0.1) is 0 Å². The lowest BCUT2D eigenvalue weighted by Crippen LogP contribution is -2.12. The van der Waals surface area contributed by atoms with Crippen molar-refractivity contribution in [2.24, 2.45) is 0 Å². The Morgan fingerprint density at radius 3 is 2.67 bits per heavy atom. The zero-order valence-electron chi connectivity index (χ0n) is 17.7. The minimum absolute atomic E-state index is 0.0417. The maximum atomic E-state index is 12.5. The number of carboxylic acid groups (broad SMARTS) is 1. The highest BCUT2D eigenvalue weighted by Crippen LogP contribution is 2.40. The largest absolute Gasteiger partial charge is 0.481 e. The average molecular weight is 486 g/mol. The van der Waals surface area contributed by atoms with Crippen molar-refractivity contribution in [2.75, 3.05) is 18.1 Å². The molecular weight excluding hydrogens is 466 g/mol. The molecule has 2 N–H and O–H groups in total. The molecule has 0 spiro atoms. The van der Waals surface area contributed by atoms with Crippen LogP contribution in [-0.2, 0) is 16.6 Å². The minimum Gasteiger partial charge on any atom is -0.481 e. The lowest BCUT2D eigenvalue weighted by atomic mass is 10.0. The molecule has 0 bridgehead atoms. The number of hydrogen-bond donors (Lipinski definition) is 2. The molecule has 0 atom stereocenters. The highest BCUT2D eigenvalue weighted by Gasteiger charge is 2.26. The fourth-order valence-electron chi connectivity index (χ4n) is 3.86. The molecule has 4 rings (SSSR count). The van der Waals surface area contributed by atoms with Gasteiger partial charge < -0.3 is 14.4 Å². The molecule has 0 radical (unpaired) electrons. The Balaban J connectivity index is 1.96. The van der Waals surface area contributed by atoms with Crippen LogP contribution in [0.1, 0.15) is 16.1 Å². The Labute approximate surface area is 195 Å². The molecule has 2 heterocycles. The number of halogens is 1. The SMILES string of the molecule is COc1ncccc1-c1c(C(=O)O)n(Cc2cccc(NS(C)(=O)=O)c2)c2ccc(Cl)cc12. The molecule has 0 aliphatic heterocycles. The molecule has 0 fully saturated rings. The Bertz CT molecular complexity index is 1480. The van der Waals surface area contributed by atoms with E-state index in [-0.39, 0.29) is 12.2 Å². The highest BCUT2D eigenvalue weighted by atomic mass is 35.5. The van der Waals surface area contributed by atoms with Crippen molar-refractivity contribution in [1.29, 1.82) is 0 Å². The van der Waals surface area contributed by atoms with Gasteiger partial charge >= 0.3 is 5.97 Å². The summed E-state index contributed by atoms with van der Waals surface area (Å²) < 4.78 is 32.7. The lowest BCUT2D eigenvalue weighted by molar-refractivity contribution is 0.0687. The summed E-state index contributed by atoms with van der Waals surface area (Å²) in [4.78, 5) is 16.7. The van der Waals surface area contributed by atoms with E-state index in [4.69, 9.17) is 16.3 Å². The number of pyridine rings is 1. The number of rotatable bonds is 7. The molecule has 2 aromatic heterocycles. The first kappa shape index (κ1) is 22.6. The third-order valence-corrected chi connectivity index (χ3v) is 5.87. The third-order valence-electron chi connectivity index (χ3n) is 5.03. The maximum absolute atomic E-state index is 12.5. The third kappa shape index (κ3) is 4.64. The molecule has 170 valence electrons. The number of aromatic carboxylic acids is 1. The quantitative estimate of drug-likeness (QED) is 0.399. The van der Waals surface area contributed by atoms with Crippen LogP contribution in [0.4, 0.5) is 5.69 Å². The highest BCUT2D eigenvalue weighted by molar-refractivity contribution is 7.92. The van der Waals surface area contributed by atoms with Crippen LogP contribution in [0.2, 0.25) is 5.02 Å². The normalized spacial score (nSPS) is 11.5. The van der Waals surface area contributed by atoms with Gasteiger partial charge in [-0.2, -0.15) is 0 Å². The van der Waals surface area contributed by atoms with Crippen LogP contribution < -0.4 is 9.46 Å². The lowest BCUT2D eigenvalue weighted by Gasteiger charge is -2.12. The van der Waals surface area contributed by atoms with Crippen molar-refractivity contribution >= 4 is 44.2 Å². The van der Waals surface area contributed by atoms with Crippen molar-refractivity contribution in [3.63, 3.8) is 0 Å². The van der Waals surface area contributed by atoms with Crippen LogP contribution in [0.15, 0.2) is 60.8 Å². The molecule has 2 aromatic carbocycles. The van der Waals surface area contributed by atoms with Crippen LogP contribution in [-0.4, -0.2) is 42.4 Å². The predicted molar refractivity (Wildman–Crippen MR) is 128 cm³/mol. The average Bonchev–Trinajstić information content (AvgIpc) is 3.06. The van der Waals surface area contributed by atoms with Crippen molar-refractivity contribution in [3.8, 4) is 17.0 Å². The number of carbonyl (C=O) groups is 1. The Morgan fingerprint density at radius 2 is 1.97 bits per heavy atom. The number of anilines is 1. The molecule has 0 unspecified atom stereocenters. The van der Waals surface area contributed by atoms with E-state index in [2.05, 4.69) is 9.71 Å². The smallest absolute Gasteiger partial charge is 0.353 e.